The highest BCUT2D eigenvalue weighted by Gasteiger charge is 2.17. The molecule has 0 bridgehead atoms. The molecule has 6 heteroatoms. The minimum Gasteiger partial charge on any atom is -0.326 e. The Morgan fingerprint density at radius 1 is 1.05 bits per heavy atom. The Labute approximate surface area is 128 Å². The molecule has 0 heterocycles. The molecule has 0 aliphatic rings. The third kappa shape index (κ3) is 4.27. The average molecular weight is 328 g/mol. The summed E-state index contributed by atoms with van der Waals surface area (Å²) in [7, 11) is -3.52. The lowest BCUT2D eigenvalue weighted by molar-refractivity contribution is 0.586. The van der Waals surface area contributed by atoms with Crippen LogP contribution in [0.5, 0.6) is 0 Å². The molecule has 0 saturated heterocycles. The van der Waals surface area contributed by atoms with Gasteiger partial charge in [0.15, 0.2) is 9.84 Å². The average Bonchev–Trinajstić information content (AvgIpc) is 2.43. The molecule has 0 spiro atoms. The Balaban J connectivity index is 2.24. The second-order valence-corrected chi connectivity index (χ2v) is 7.23. The first-order chi connectivity index (χ1) is 9.91. The molecule has 2 rings (SSSR count). The molecule has 2 aromatic carbocycles. The molecule has 2 N–H and O–H groups in total. The van der Waals surface area contributed by atoms with Crippen LogP contribution >= 0.6 is 11.6 Å². The Hall–Kier alpha value is -1.43. The highest BCUT2D eigenvalue weighted by atomic mass is 35.5. The molecule has 0 radical (unpaired) electrons. The number of sulfone groups is 1. The quantitative estimate of drug-likeness (QED) is 0.918. The first-order valence-corrected chi connectivity index (χ1v) is 8.52. The molecule has 0 saturated carbocycles. The van der Waals surface area contributed by atoms with Gasteiger partial charge in [-0.25, -0.2) is 12.8 Å². The third-order valence-corrected chi connectivity index (χ3v) is 4.92. The Morgan fingerprint density at radius 3 is 2.38 bits per heavy atom. The molecular weight excluding hydrogens is 313 g/mol. The van der Waals surface area contributed by atoms with Crippen LogP contribution in [0, 0.1) is 5.82 Å². The van der Waals surface area contributed by atoms with Gasteiger partial charge in [0.25, 0.3) is 0 Å². The number of nitrogens with two attached hydrogens (primary N) is 1. The lowest BCUT2D eigenvalue weighted by Crippen LogP contribution is -2.10. The molecule has 112 valence electrons. The molecule has 2 aromatic rings. The molecule has 0 aliphatic carbocycles. The summed E-state index contributed by atoms with van der Waals surface area (Å²) in [6, 6.07) is 11.0. The van der Waals surface area contributed by atoms with Gasteiger partial charge in [0.2, 0.25) is 0 Å². The lowest BCUT2D eigenvalue weighted by atomic mass is 10.1. The molecule has 0 atom stereocenters. The monoisotopic (exact) mass is 327 g/mol. The summed E-state index contributed by atoms with van der Waals surface area (Å²) in [6.45, 7) is 0.234. The molecule has 0 aromatic heterocycles. The number of rotatable bonds is 5. The van der Waals surface area contributed by atoms with Crippen molar-refractivity contribution in [2.24, 2.45) is 5.73 Å². The van der Waals surface area contributed by atoms with Crippen LogP contribution in [0.4, 0.5) is 4.39 Å². The number of halogens is 2. The van der Waals surface area contributed by atoms with Gasteiger partial charge in [-0.2, -0.15) is 0 Å². The van der Waals surface area contributed by atoms with E-state index < -0.39 is 15.7 Å². The van der Waals surface area contributed by atoms with Gasteiger partial charge in [0, 0.05) is 17.1 Å². The van der Waals surface area contributed by atoms with Crippen LogP contribution in [0.2, 0.25) is 5.02 Å². The van der Waals surface area contributed by atoms with Crippen LogP contribution < -0.4 is 5.73 Å². The zero-order valence-corrected chi connectivity index (χ0v) is 12.8. The summed E-state index contributed by atoms with van der Waals surface area (Å²) in [5, 5.41) is 0.386. The summed E-state index contributed by atoms with van der Waals surface area (Å²) in [5.74, 6) is -1.15. The normalized spacial score (nSPS) is 11.6. The van der Waals surface area contributed by atoms with Crippen LogP contribution in [0.15, 0.2) is 42.5 Å². The smallest absolute Gasteiger partial charge is 0.158 e. The summed E-state index contributed by atoms with van der Waals surface area (Å²) in [4.78, 5) is 0. The summed E-state index contributed by atoms with van der Waals surface area (Å²) < 4.78 is 38.2. The molecule has 0 fully saturated rings. The highest BCUT2D eigenvalue weighted by molar-refractivity contribution is 7.89. The minimum atomic E-state index is -3.52. The van der Waals surface area contributed by atoms with Crippen molar-refractivity contribution in [3.63, 3.8) is 0 Å². The maximum absolute atomic E-state index is 13.7. The van der Waals surface area contributed by atoms with Gasteiger partial charge >= 0.3 is 0 Å². The van der Waals surface area contributed by atoms with E-state index in [1.54, 1.807) is 30.3 Å². The van der Waals surface area contributed by atoms with Crippen molar-refractivity contribution in [1.82, 2.24) is 0 Å². The largest absolute Gasteiger partial charge is 0.326 e. The van der Waals surface area contributed by atoms with E-state index in [9.17, 15) is 12.8 Å². The molecular formula is C15H15ClFNO2S. The van der Waals surface area contributed by atoms with Crippen molar-refractivity contribution in [2.45, 2.75) is 18.1 Å². The van der Waals surface area contributed by atoms with E-state index in [0.29, 0.717) is 16.1 Å². The Kier molecular flexibility index (Phi) is 4.98. The van der Waals surface area contributed by atoms with Gasteiger partial charge in [-0.1, -0.05) is 41.9 Å². The van der Waals surface area contributed by atoms with E-state index >= 15 is 0 Å². The van der Waals surface area contributed by atoms with Crippen LogP contribution in [0.3, 0.4) is 0 Å². The first kappa shape index (κ1) is 15.9. The van der Waals surface area contributed by atoms with Crippen molar-refractivity contribution < 1.29 is 12.8 Å². The predicted molar refractivity (Wildman–Crippen MR) is 82.1 cm³/mol. The topological polar surface area (TPSA) is 60.2 Å². The fourth-order valence-corrected chi connectivity index (χ4v) is 3.81. The maximum atomic E-state index is 13.7. The zero-order chi connectivity index (χ0) is 15.5. The SMILES string of the molecule is NCc1ccc(F)c(CS(=O)(=O)Cc2ccccc2Cl)c1. The second kappa shape index (κ2) is 6.56. The summed E-state index contributed by atoms with van der Waals surface area (Å²) in [5.41, 5.74) is 6.82. The molecule has 3 nitrogen and oxygen atoms in total. The van der Waals surface area contributed by atoms with Crippen LogP contribution in [0.25, 0.3) is 0 Å². The molecule has 0 unspecified atom stereocenters. The van der Waals surface area contributed by atoms with E-state index in [2.05, 4.69) is 0 Å². The van der Waals surface area contributed by atoms with Crippen molar-refractivity contribution in [2.75, 3.05) is 0 Å². The number of hydrogen-bond donors (Lipinski definition) is 1. The fraction of sp³-hybridized carbons (Fsp3) is 0.200. The minimum absolute atomic E-state index is 0.130. The second-order valence-electron chi connectivity index (χ2n) is 4.75. The van der Waals surface area contributed by atoms with Gasteiger partial charge in [0.1, 0.15) is 5.82 Å². The van der Waals surface area contributed by atoms with E-state index in [4.69, 9.17) is 17.3 Å². The van der Waals surface area contributed by atoms with E-state index in [-0.39, 0.29) is 23.6 Å². The van der Waals surface area contributed by atoms with Crippen molar-refractivity contribution >= 4 is 21.4 Å². The van der Waals surface area contributed by atoms with Crippen molar-refractivity contribution in [3.8, 4) is 0 Å². The molecule has 0 amide bonds. The summed E-state index contributed by atoms with van der Waals surface area (Å²) in [6.07, 6.45) is 0. The Morgan fingerprint density at radius 2 is 1.71 bits per heavy atom. The van der Waals surface area contributed by atoms with Gasteiger partial charge in [-0.15, -0.1) is 0 Å². The van der Waals surface area contributed by atoms with Crippen LogP contribution in [0.1, 0.15) is 16.7 Å². The first-order valence-electron chi connectivity index (χ1n) is 6.32. The molecule has 21 heavy (non-hydrogen) atoms. The van der Waals surface area contributed by atoms with E-state index in [0.717, 1.165) is 0 Å². The van der Waals surface area contributed by atoms with E-state index in [1.807, 2.05) is 0 Å². The standard InChI is InChI=1S/C15H15ClFNO2S/c16-14-4-2-1-3-12(14)9-21(19,20)10-13-7-11(8-18)5-6-15(13)17/h1-7H,8-10,18H2. The van der Waals surface area contributed by atoms with Crippen LogP contribution in [-0.2, 0) is 27.9 Å². The van der Waals surface area contributed by atoms with Crippen molar-refractivity contribution in [1.29, 1.82) is 0 Å². The zero-order valence-electron chi connectivity index (χ0n) is 11.2. The van der Waals surface area contributed by atoms with Gasteiger partial charge in [0.05, 0.1) is 11.5 Å². The predicted octanol–water partition coefficient (Wildman–Crippen LogP) is 3.05. The highest BCUT2D eigenvalue weighted by Crippen LogP contribution is 2.21. The van der Waals surface area contributed by atoms with Gasteiger partial charge in [-0.05, 0) is 23.3 Å². The van der Waals surface area contributed by atoms with Crippen molar-refractivity contribution in [3.05, 3.63) is 70.0 Å². The number of hydrogen-bond acceptors (Lipinski definition) is 3. The lowest BCUT2D eigenvalue weighted by Gasteiger charge is -2.08. The van der Waals surface area contributed by atoms with Gasteiger partial charge in [-0.3, -0.25) is 0 Å². The maximum Gasteiger partial charge on any atom is 0.158 e. The number of benzene rings is 2. The fourth-order valence-electron chi connectivity index (χ4n) is 2.01. The van der Waals surface area contributed by atoms with E-state index in [1.165, 1.54) is 12.1 Å². The van der Waals surface area contributed by atoms with Crippen LogP contribution in [-0.4, -0.2) is 8.42 Å². The third-order valence-electron chi connectivity index (χ3n) is 3.05. The molecule has 0 aliphatic heterocycles. The van der Waals surface area contributed by atoms with Gasteiger partial charge < -0.3 is 5.73 Å². The summed E-state index contributed by atoms with van der Waals surface area (Å²) >= 11 is 5.96. The Bertz CT molecular complexity index is 747.